The van der Waals surface area contributed by atoms with Gasteiger partial charge < -0.3 is 9.26 Å². The number of methoxy groups -OCH3 is 1. The first-order chi connectivity index (χ1) is 8.67. The molecule has 0 aliphatic rings. The van der Waals surface area contributed by atoms with Crippen molar-refractivity contribution in [1.29, 1.82) is 0 Å². The number of rotatable bonds is 6. The summed E-state index contributed by atoms with van der Waals surface area (Å²) in [5, 5.41) is 6.73. The summed E-state index contributed by atoms with van der Waals surface area (Å²) in [4.78, 5) is 19.8. The average Bonchev–Trinajstić information content (AvgIpc) is 2.89. The van der Waals surface area contributed by atoms with E-state index in [1.807, 2.05) is 12.3 Å². The smallest absolute Gasteiger partial charge is 0.234 e. The highest BCUT2D eigenvalue weighted by molar-refractivity contribution is 7.09. The Labute approximate surface area is 108 Å². The van der Waals surface area contributed by atoms with Crippen LogP contribution in [-0.2, 0) is 22.4 Å². The third-order valence-corrected chi connectivity index (χ3v) is 3.11. The van der Waals surface area contributed by atoms with Crippen LogP contribution in [0.15, 0.2) is 9.90 Å². The molecule has 96 valence electrons. The molecule has 0 amide bonds. The lowest BCUT2D eigenvalue weighted by atomic mass is 10.3. The van der Waals surface area contributed by atoms with Crippen molar-refractivity contribution in [3.63, 3.8) is 0 Å². The third kappa shape index (κ3) is 3.44. The number of thiazole rings is 1. The van der Waals surface area contributed by atoms with Gasteiger partial charge in [-0.05, 0) is 6.92 Å². The zero-order valence-corrected chi connectivity index (χ0v) is 11.0. The molecular formula is C11H13N3O3S. The van der Waals surface area contributed by atoms with Gasteiger partial charge in [0.1, 0.15) is 11.6 Å². The minimum Gasteiger partial charge on any atom is -0.377 e. The molecule has 2 aromatic heterocycles. The van der Waals surface area contributed by atoms with Gasteiger partial charge in [0.15, 0.2) is 11.6 Å². The molecule has 2 rings (SSSR count). The maximum Gasteiger partial charge on any atom is 0.234 e. The van der Waals surface area contributed by atoms with E-state index in [0.717, 1.165) is 10.7 Å². The van der Waals surface area contributed by atoms with Crippen LogP contribution in [0.4, 0.5) is 0 Å². The number of hydrogen-bond donors (Lipinski definition) is 0. The van der Waals surface area contributed by atoms with E-state index in [1.165, 1.54) is 7.11 Å². The molecule has 0 aliphatic heterocycles. The lowest BCUT2D eigenvalue weighted by Crippen LogP contribution is -2.09. The van der Waals surface area contributed by atoms with Gasteiger partial charge in [0.05, 0.1) is 12.8 Å². The Balaban J connectivity index is 1.95. The van der Waals surface area contributed by atoms with Crippen molar-refractivity contribution < 1.29 is 14.1 Å². The highest BCUT2D eigenvalue weighted by atomic mass is 32.1. The number of hydrogen-bond acceptors (Lipinski definition) is 7. The van der Waals surface area contributed by atoms with E-state index in [1.54, 1.807) is 11.3 Å². The maximum atomic E-state index is 11.3. The molecule has 0 radical (unpaired) electrons. The fraction of sp³-hybridized carbons (Fsp3) is 0.455. The number of aromatic nitrogens is 3. The predicted octanol–water partition coefficient (Wildman–Crippen LogP) is 1.18. The van der Waals surface area contributed by atoms with Gasteiger partial charge in [0, 0.05) is 18.2 Å². The van der Waals surface area contributed by atoms with Gasteiger partial charge in [-0.25, -0.2) is 4.98 Å². The Kier molecular flexibility index (Phi) is 4.16. The summed E-state index contributed by atoms with van der Waals surface area (Å²) >= 11 is 1.56. The Morgan fingerprint density at radius 3 is 3.00 bits per heavy atom. The van der Waals surface area contributed by atoms with Crippen molar-refractivity contribution in [1.82, 2.24) is 15.1 Å². The van der Waals surface area contributed by atoms with E-state index >= 15 is 0 Å². The summed E-state index contributed by atoms with van der Waals surface area (Å²) in [6, 6.07) is 0. The normalized spacial score (nSPS) is 10.8. The summed E-state index contributed by atoms with van der Waals surface area (Å²) in [6.45, 7) is 1.99. The van der Waals surface area contributed by atoms with E-state index in [-0.39, 0.29) is 18.8 Å². The first-order valence-corrected chi connectivity index (χ1v) is 6.28. The SMILES string of the molecule is COCC(=O)Cc1nc(Cc2nc(C)cs2)no1. The quantitative estimate of drug-likeness (QED) is 0.782. The van der Waals surface area contributed by atoms with Gasteiger partial charge in [-0.2, -0.15) is 4.98 Å². The molecule has 0 N–H and O–H groups in total. The molecule has 0 unspecified atom stereocenters. The van der Waals surface area contributed by atoms with Crippen LogP contribution >= 0.6 is 11.3 Å². The molecule has 0 fully saturated rings. The van der Waals surface area contributed by atoms with Gasteiger partial charge in [-0.3, -0.25) is 4.79 Å². The monoisotopic (exact) mass is 267 g/mol. The lowest BCUT2D eigenvalue weighted by molar-refractivity contribution is -0.122. The molecule has 0 saturated heterocycles. The second-order valence-electron chi connectivity index (χ2n) is 3.81. The highest BCUT2D eigenvalue weighted by Crippen LogP contribution is 2.12. The Bertz CT molecular complexity index is 535. The van der Waals surface area contributed by atoms with Crippen LogP contribution in [0.5, 0.6) is 0 Å². The standard InChI is InChI=1S/C11H13N3O3S/c1-7-6-18-11(12-7)4-9-13-10(17-14-9)3-8(15)5-16-2/h6H,3-5H2,1-2H3. The lowest BCUT2D eigenvalue weighted by Gasteiger charge is -1.93. The van der Waals surface area contributed by atoms with E-state index < -0.39 is 0 Å². The molecule has 0 atom stereocenters. The largest absolute Gasteiger partial charge is 0.377 e. The third-order valence-electron chi connectivity index (χ3n) is 2.14. The van der Waals surface area contributed by atoms with E-state index in [9.17, 15) is 4.79 Å². The summed E-state index contributed by atoms with van der Waals surface area (Å²) in [7, 11) is 1.47. The summed E-state index contributed by atoms with van der Waals surface area (Å²) in [6.07, 6.45) is 0.637. The Morgan fingerprint density at radius 1 is 1.50 bits per heavy atom. The summed E-state index contributed by atoms with van der Waals surface area (Å²) in [5.41, 5.74) is 0.981. The molecular weight excluding hydrogens is 254 g/mol. The molecule has 0 aliphatic carbocycles. The maximum absolute atomic E-state index is 11.3. The fourth-order valence-electron chi connectivity index (χ4n) is 1.43. The highest BCUT2D eigenvalue weighted by Gasteiger charge is 2.12. The number of aryl methyl sites for hydroxylation is 1. The second-order valence-corrected chi connectivity index (χ2v) is 4.75. The van der Waals surface area contributed by atoms with Gasteiger partial charge >= 0.3 is 0 Å². The first kappa shape index (κ1) is 12.8. The summed E-state index contributed by atoms with van der Waals surface area (Å²) < 4.78 is 9.73. The number of ketones is 1. The van der Waals surface area contributed by atoms with Crippen molar-refractivity contribution in [2.75, 3.05) is 13.7 Å². The van der Waals surface area contributed by atoms with Crippen LogP contribution < -0.4 is 0 Å². The molecule has 6 nitrogen and oxygen atoms in total. The molecule has 7 heteroatoms. The molecule has 2 heterocycles. The molecule has 0 saturated carbocycles. The first-order valence-electron chi connectivity index (χ1n) is 5.40. The van der Waals surface area contributed by atoms with Crippen molar-refractivity contribution >= 4 is 17.1 Å². The Morgan fingerprint density at radius 2 is 2.33 bits per heavy atom. The van der Waals surface area contributed by atoms with Crippen LogP contribution in [0.2, 0.25) is 0 Å². The molecule has 2 aromatic rings. The van der Waals surface area contributed by atoms with Crippen molar-refractivity contribution in [2.24, 2.45) is 0 Å². The van der Waals surface area contributed by atoms with Crippen molar-refractivity contribution in [3.05, 3.63) is 27.8 Å². The van der Waals surface area contributed by atoms with E-state index in [2.05, 4.69) is 15.1 Å². The van der Waals surface area contributed by atoms with Crippen LogP contribution in [0.3, 0.4) is 0 Å². The number of carbonyl (C=O) groups is 1. The minimum atomic E-state index is -0.0854. The molecule has 0 spiro atoms. The molecule has 18 heavy (non-hydrogen) atoms. The number of carbonyl (C=O) groups excluding carboxylic acids is 1. The predicted molar refractivity (Wildman–Crippen MR) is 64.5 cm³/mol. The van der Waals surface area contributed by atoms with Gasteiger partial charge in [0.2, 0.25) is 5.89 Å². The van der Waals surface area contributed by atoms with E-state index in [0.29, 0.717) is 18.1 Å². The number of nitrogens with zero attached hydrogens (tertiary/aromatic N) is 3. The zero-order chi connectivity index (χ0) is 13.0. The van der Waals surface area contributed by atoms with Crippen LogP contribution in [0.1, 0.15) is 22.4 Å². The topological polar surface area (TPSA) is 78.1 Å². The van der Waals surface area contributed by atoms with Crippen molar-refractivity contribution in [3.8, 4) is 0 Å². The van der Waals surface area contributed by atoms with Gasteiger partial charge in [-0.15, -0.1) is 11.3 Å². The van der Waals surface area contributed by atoms with E-state index in [4.69, 9.17) is 9.26 Å². The van der Waals surface area contributed by atoms with Crippen molar-refractivity contribution in [2.45, 2.75) is 19.8 Å². The summed E-state index contributed by atoms with van der Waals surface area (Å²) in [5.74, 6) is 0.780. The Hall–Kier alpha value is -1.60. The van der Waals surface area contributed by atoms with Gasteiger partial charge in [0.25, 0.3) is 0 Å². The second kappa shape index (κ2) is 5.83. The molecule has 0 aromatic carbocycles. The van der Waals surface area contributed by atoms with Crippen LogP contribution in [0, 0.1) is 6.92 Å². The average molecular weight is 267 g/mol. The fourth-order valence-corrected chi connectivity index (χ4v) is 2.20. The van der Waals surface area contributed by atoms with Crippen LogP contribution in [-0.4, -0.2) is 34.6 Å². The van der Waals surface area contributed by atoms with Gasteiger partial charge in [-0.1, -0.05) is 5.16 Å². The zero-order valence-electron chi connectivity index (χ0n) is 10.2. The molecule has 0 bridgehead atoms. The number of Topliss-reactive ketones (excluding diaryl/α,β-unsaturated/α-hetero) is 1. The van der Waals surface area contributed by atoms with Crippen LogP contribution in [0.25, 0.3) is 0 Å². The minimum absolute atomic E-state index is 0.0589. The number of ether oxygens (including phenoxy) is 1.